The molecule has 102 valence electrons. The number of hydrogen-bond donors (Lipinski definition) is 1. The largest absolute Gasteiger partial charge is 0.465 e. The summed E-state index contributed by atoms with van der Waals surface area (Å²) in [5.74, 6) is -0.208. The molecule has 1 aliphatic rings. The van der Waals surface area contributed by atoms with E-state index in [1.807, 2.05) is 0 Å². The fraction of sp³-hybridized carbons (Fsp3) is 0.429. The van der Waals surface area contributed by atoms with Crippen molar-refractivity contribution in [2.24, 2.45) is 5.92 Å². The molecule has 0 spiro atoms. The fourth-order valence-electron chi connectivity index (χ4n) is 2.05. The zero-order chi connectivity index (χ0) is 13.7. The van der Waals surface area contributed by atoms with Crippen molar-refractivity contribution in [3.8, 4) is 0 Å². The lowest BCUT2D eigenvalue weighted by molar-refractivity contribution is 0.0599. The Morgan fingerprint density at radius 3 is 3.00 bits per heavy atom. The molecule has 0 aromatic carbocycles. The molecule has 1 aliphatic carbocycles. The quantitative estimate of drug-likeness (QED) is 0.667. The van der Waals surface area contributed by atoms with Crippen molar-refractivity contribution >= 4 is 11.9 Å². The van der Waals surface area contributed by atoms with Crippen LogP contribution in [0.3, 0.4) is 0 Å². The van der Waals surface area contributed by atoms with E-state index < -0.39 is 5.97 Å². The van der Waals surface area contributed by atoms with Gasteiger partial charge in [-0.3, -0.25) is 4.79 Å². The number of methoxy groups -OCH3 is 1. The molecule has 1 amide bonds. The van der Waals surface area contributed by atoms with Crippen molar-refractivity contribution in [3.05, 3.63) is 35.8 Å². The minimum atomic E-state index is -0.514. The monoisotopic (exact) mass is 263 g/mol. The Bertz CT molecular complexity index is 489. The van der Waals surface area contributed by atoms with Gasteiger partial charge in [0.25, 0.3) is 5.91 Å². The van der Waals surface area contributed by atoms with E-state index in [1.54, 1.807) is 0 Å². The molecule has 0 fully saturated rings. The molecule has 0 radical (unpaired) electrons. The van der Waals surface area contributed by atoms with E-state index in [0.29, 0.717) is 12.5 Å². The van der Waals surface area contributed by atoms with E-state index in [2.05, 4.69) is 22.2 Å². The SMILES string of the molecule is COC(=O)c1coc(C(=O)NC[C@H]2CC=CCC2)c1. The van der Waals surface area contributed by atoms with Gasteiger partial charge in [0.05, 0.1) is 12.7 Å². The van der Waals surface area contributed by atoms with Gasteiger partial charge in [-0.15, -0.1) is 0 Å². The molecule has 0 saturated heterocycles. The van der Waals surface area contributed by atoms with Gasteiger partial charge in [0.15, 0.2) is 5.76 Å². The number of hydrogen-bond acceptors (Lipinski definition) is 4. The van der Waals surface area contributed by atoms with Crippen molar-refractivity contribution in [2.75, 3.05) is 13.7 Å². The molecule has 1 heterocycles. The molecule has 19 heavy (non-hydrogen) atoms. The molecule has 5 nitrogen and oxygen atoms in total. The van der Waals surface area contributed by atoms with Gasteiger partial charge in [0.2, 0.25) is 0 Å². The van der Waals surface area contributed by atoms with Gasteiger partial charge in [0.1, 0.15) is 6.26 Å². The molecule has 0 saturated carbocycles. The van der Waals surface area contributed by atoms with Crippen LogP contribution in [0.1, 0.15) is 40.2 Å². The second-order valence-electron chi connectivity index (χ2n) is 4.55. The van der Waals surface area contributed by atoms with Gasteiger partial charge in [-0.25, -0.2) is 4.79 Å². The third kappa shape index (κ3) is 3.47. The summed E-state index contributed by atoms with van der Waals surface area (Å²) < 4.78 is 9.61. The number of rotatable bonds is 4. The lowest BCUT2D eigenvalue weighted by atomic mass is 9.94. The molecule has 1 aromatic heterocycles. The van der Waals surface area contributed by atoms with E-state index in [0.717, 1.165) is 19.3 Å². The molecule has 2 rings (SSSR count). The summed E-state index contributed by atoms with van der Waals surface area (Å²) in [6, 6.07) is 1.39. The molecule has 0 aliphatic heterocycles. The molecule has 5 heteroatoms. The van der Waals surface area contributed by atoms with Crippen LogP contribution in [0.4, 0.5) is 0 Å². The molecule has 1 atom stereocenters. The topological polar surface area (TPSA) is 68.5 Å². The predicted molar refractivity (Wildman–Crippen MR) is 68.9 cm³/mol. The molecular formula is C14H17NO4. The van der Waals surface area contributed by atoms with Crippen molar-refractivity contribution in [1.29, 1.82) is 0 Å². The third-order valence-corrected chi connectivity index (χ3v) is 3.17. The maximum Gasteiger partial charge on any atom is 0.341 e. The van der Waals surface area contributed by atoms with Crippen LogP contribution in [0.15, 0.2) is 28.9 Å². The summed E-state index contributed by atoms with van der Waals surface area (Å²) in [4.78, 5) is 23.1. The second-order valence-corrected chi connectivity index (χ2v) is 4.55. The predicted octanol–water partition coefficient (Wildman–Crippen LogP) is 2.15. The van der Waals surface area contributed by atoms with Crippen molar-refractivity contribution in [2.45, 2.75) is 19.3 Å². The number of nitrogens with one attached hydrogen (secondary N) is 1. The van der Waals surface area contributed by atoms with Crippen molar-refractivity contribution in [3.63, 3.8) is 0 Å². The van der Waals surface area contributed by atoms with Crippen LogP contribution in [0.25, 0.3) is 0 Å². The van der Waals surface area contributed by atoms with Gasteiger partial charge in [-0.2, -0.15) is 0 Å². The number of amides is 1. The highest BCUT2D eigenvalue weighted by atomic mass is 16.5. The standard InChI is InChI=1S/C14H17NO4/c1-18-14(17)11-7-12(19-9-11)13(16)15-8-10-5-3-2-4-6-10/h2-3,7,9-10H,4-6,8H2,1H3,(H,15,16)/t10-/m0/s1. The van der Waals surface area contributed by atoms with E-state index in [9.17, 15) is 9.59 Å². The molecule has 1 N–H and O–H groups in total. The number of furan rings is 1. The van der Waals surface area contributed by atoms with Crippen LogP contribution in [-0.4, -0.2) is 25.5 Å². The van der Waals surface area contributed by atoms with Crippen LogP contribution in [-0.2, 0) is 4.74 Å². The third-order valence-electron chi connectivity index (χ3n) is 3.17. The van der Waals surface area contributed by atoms with Crippen molar-refractivity contribution < 1.29 is 18.7 Å². The first-order valence-corrected chi connectivity index (χ1v) is 6.30. The number of allylic oxidation sites excluding steroid dienone is 2. The summed E-state index contributed by atoms with van der Waals surface area (Å²) in [5, 5.41) is 2.82. The van der Waals surface area contributed by atoms with E-state index in [-0.39, 0.29) is 17.2 Å². The van der Waals surface area contributed by atoms with Crippen LogP contribution in [0, 0.1) is 5.92 Å². The van der Waals surface area contributed by atoms with Gasteiger partial charge >= 0.3 is 5.97 Å². The molecule has 1 aromatic rings. The summed E-state index contributed by atoms with van der Waals surface area (Å²) in [5.41, 5.74) is 0.244. The summed E-state index contributed by atoms with van der Waals surface area (Å²) >= 11 is 0. The average Bonchev–Trinajstić information content (AvgIpc) is 2.95. The minimum absolute atomic E-state index is 0.131. The van der Waals surface area contributed by atoms with E-state index >= 15 is 0 Å². The first kappa shape index (κ1) is 13.4. The average molecular weight is 263 g/mol. The minimum Gasteiger partial charge on any atom is -0.465 e. The number of carbonyl (C=O) groups is 2. The van der Waals surface area contributed by atoms with Crippen molar-refractivity contribution in [1.82, 2.24) is 5.32 Å². The van der Waals surface area contributed by atoms with E-state index in [1.165, 1.54) is 19.4 Å². The van der Waals surface area contributed by atoms with Crippen LogP contribution in [0.5, 0.6) is 0 Å². The Hall–Kier alpha value is -2.04. The summed E-state index contributed by atoms with van der Waals surface area (Å²) in [6.07, 6.45) is 8.67. The Morgan fingerprint density at radius 1 is 1.47 bits per heavy atom. The highest BCUT2D eigenvalue weighted by molar-refractivity contribution is 5.96. The Morgan fingerprint density at radius 2 is 2.32 bits per heavy atom. The second kappa shape index (κ2) is 6.22. The first-order chi connectivity index (χ1) is 9.20. The zero-order valence-electron chi connectivity index (χ0n) is 10.8. The fourth-order valence-corrected chi connectivity index (χ4v) is 2.05. The highest BCUT2D eigenvalue weighted by Crippen LogP contribution is 2.17. The zero-order valence-corrected chi connectivity index (χ0v) is 10.8. The maximum absolute atomic E-state index is 11.8. The Balaban J connectivity index is 1.87. The van der Waals surface area contributed by atoms with Gasteiger partial charge < -0.3 is 14.5 Å². The molecule has 0 bridgehead atoms. The lowest BCUT2D eigenvalue weighted by Crippen LogP contribution is -2.29. The highest BCUT2D eigenvalue weighted by Gasteiger charge is 2.17. The molecule has 0 unspecified atom stereocenters. The smallest absolute Gasteiger partial charge is 0.341 e. The lowest BCUT2D eigenvalue weighted by Gasteiger charge is -2.17. The maximum atomic E-state index is 11.8. The number of esters is 1. The van der Waals surface area contributed by atoms with E-state index in [4.69, 9.17) is 4.42 Å². The first-order valence-electron chi connectivity index (χ1n) is 6.30. The number of ether oxygens (including phenoxy) is 1. The van der Waals surface area contributed by atoms with Gasteiger partial charge in [-0.1, -0.05) is 12.2 Å². The Labute approximate surface area is 111 Å². The van der Waals surface area contributed by atoms with Crippen LogP contribution >= 0.6 is 0 Å². The molecular weight excluding hydrogens is 246 g/mol. The van der Waals surface area contributed by atoms with Gasteiger partial charge in [-0.05, 0) is 25.2 Å². The van der Waals surface area contributed by atoms with Crippen LogP contribution in [0.2, 0.25) is 0 Å². The Kier molecular flexibility index (Phi) is 4.39. The summed E-state index contributed by atoms with van der Waals surface area (Å²) in [6.45, 7) is 0.622. The number of carbonyl (C=O) groups excluding carboxylic acids is 2. The summed E-state index contributed by atoms with van der Waals surface area (Å²) in [7, 11) is 1.28. The van der Waals surface area contributed by atoms with Gasteiger partial charge in [0, 0.05) is 12.6 Å². The van der Waals surface area contributed by atoms with Crippen LogP contribution < -0.4 is 5.32 Å². The normalized spacial score (nSPS) is 18.1.